The Hall–Kier alpha value is -3.09. The van der Waals surface area contributed by atoms with Crippen molar-refractivity contribution in [3.63, 3.8) is 0 Å². The normalized spacial score (nSPS) is 16.5. The van der Waals surface area contributed by atoms with Gasteiger partial charge >= 0.3 is 0 Å². The molecule has 0 aliphatic carbocycles. The van der Waals surface area contributed by atoms with Crippen LogP contribution in [-0.2, 0) is 9.59 Å². The molecule has 26 heavy (non-hydrogen) atoms. The fourth-order valence-electron chi connectivity index (χ4n) is 2.88. The number of rotatable bonds is 5. The van der Waals surface area contributed by atoms with Crippen LogP contribution in [0.5, 0.6) is 5.75 Å². The van der Waals surface area contributed by atoms with Crippen LogP contribution in [0.25, 0.3) is 0 Å². The average molecular weight is 354 g/mol. The zero-order valence-corrected chi connectivity index (χ0v) is 15.1. The highest BCUT2D eigenvalue weighted by Crippen LogP contribution is 2.28. The van der Waals surface area contributed by atoms with E-state index in [9.17, 15) is 9.59 Å². The summed E-state index contributed by atoms with van der Waals surface area (Å²) in [6, 6.07) is 10.9. The van der Waals surface area contributed by atoms with Crippen molar-refractivity contribution in [2.75, 3.05) is 42.9 Å². The fraction of sp³-hybridized carbons (Fsp3) is 0.316. The van der Waals surface area contributed by atoms with E-state index in [1.807, 2.05) is 43.3 Å². The minimum absolute atomic E-state index is 0.0699. The fourth-order valence-corrected chi connectivity index (χ4v) is 2.88. The van der Waals surface area contributed by atoms with E-state index in [-0.39, 0.29) is 18.2 Å². The molecule has 1 aromatic carbocycles. The molecule has 1 N–H and O–H groups in total. The largest absolute Gasteiger partial charge is 0.497 e. The van der Waals surface area contributed by atoms with Crippen LogP contribution in [0.4, 0.5) is 17.2 Å². The van der Waals surface area contributed by atoms with Gasteiger partial charge in [0.25, 0.3) is 0 Å². The Balaban J connectivity index is 1.66. The highest BCUT2D eigenvalue weighted by molar-refractivity contribution is 6.03. The van der Waals surface area contributed by atoms with Crippen LogP contribution in [0.1, 0.15) is 6.42 Å². The van der Waals surface area contributed by atoms with Gasteiger partial charge in [0.15, 0.2) is 0 Å². The minimum atomic E-state index is -0.401. The number of methoxy groups -OCH3 is 1. The van der Waals surface area contributed by atoms with Gasteiger partial charge in [-0.3, -0.25) is 9.59 Å². The van der Waals surface area contributed by atoms with Crippen LogP contribution in [0.2, 0.25) is 0 Å². The molecule has 2 aromatic rings. The summed E-state index contributed by atoms with van der Waals surface area (Å²) in [5.41, 5.74) is 1.36. The van der Waals surface area contributed by atoms with E-state index in [0.717, 1.165) is 11.5 Å². The number of anilines is 3. The molecule has 7 nitrogen and oxygen atoms in total. The number of amides is 2. The number of carbonyl (C=O) groups is 2. The first-order valence-electron chi connectivity index (χ1n) is 8.36. The van der Waals surface area contributed by atoms with Gasteiger partial charge in [0.2, 0.25) is 11.8 Å². The summed E-state index contributed by atoms with van der Waals surface area (Å²) in [6.45, 7) is 0.348. The van der Waals surface area contributed by atoms with Crippen LogP contribution in [-0.4, -0.2) is 44.5 Å². The van der Waals surface area contributed by atoms with E-state index < -0.39 is 5.92 Å². The molecule has 0 radical (unpaired) electrons. The Morgan fingerprint density at radius 2 is 2.12 bits per heavy atom. The molecule has 0 saturated carbocycles. The number of pyridine rings is 1. The Morgan fingerprint density at radius 1 is 1.31 bits per heavy atom. The number of carbonyl (C=O) groups excluding carboxylic acids is 2. The number of hydrogen-bond donors (Lipinski definition) is 1. The van der Waals surface area contributed by atoms with Crippen molar-refractivity contribution in [2.24, 2.45) is 5.92 Å². The molecule has 0 bridgehead atoms. The van der Waals surface area contributed by atoms with Crippen LogP contribution >= 0.6 is 0 Å². The van der Waals surface area contributed by atoms with Crippen LogP contribution < -0.4 is 19.9 Å². The lowest BCUT2D eigenvalue weighted by Gasteiger charge is -2.17. The minimum Gasteiger partial charge on any atom is -0.497 e. The standard InChI is InChI=1S/C19H22N4O3/c1-22(2)17-8-7-14(11-20-17)21-19(25)13-9-18(24)23(12-13)15-5-4-6-16(10-15)26-3/h4-8,10-11,13H,9,12H2,1-3H3,(H,21,25). The van der Waals surface area contributed by atoms with Crippen molar-refractivity contribution >= 4 is 29.0 Å². The maximum Gasteiger partial charge on any atom is 0.229 e. The highest BCUT2D eigenvalue weighted by atomic mass is 16.5. The zero-order chi connectivity index (χ0) is 18.7. The molecule has 3 rings (SSSR count). The van der Waals surface area contributed by atoms with E-state index in [1.54, 1.807) is 30.3 Å². The molecule has 1 atom stereocenters. The van der Waals surface area contributed by atoms with E-state index >= 15 is 0 Å². The number of hydrogen-bond acceptors (Lipinski definition) is 5. The molecular formula is C19H22N4O3. The molecule has 1 unspecified atom stereocenters. The second-order valence-corrected chi connectivity index (χ2v) is 6.40. The molecule has 7 heteroatoms. The molecule has 1 saturated heterocycles. The van der Waals surface area contributed by atoms with Gasteiger partial charge in [-0.25, -0.2) is 4.98 Å². The summed E-state index contributed by atoms with van der Waals surface area (Å²) in [4.78, 5) is 32.7. The summed E-state index contributed by atoms with van der Waals surface area (Å²) < 4.78 is 5.20. The summed E-state index contributed by atoms with van der Waals surface area (Å²) in [7, 11) is 5.38. The van der Waals surface area contributed by atoms with Gasteiger partial charge in [-0.1, -0.05) is 6.07 Å². The lowest BCUT2D eigenvalue weighted by atomic mass is 10.1. The second kappa shape index (κ2) is 7.43. The first kappa shape index (κ1) is 17.7. The Morgan fingerprint density at radius 3 is 2.77 bits per heavy atom. The smallest absolute Gasteiger partial charge is 0.229 e. The predicted molar refractivity (Wildman–Crippen MR) is 101 cm³/mol. The third-order valence-corrected chi connectivity index (χ3v) is 4.33. The molecule has 136 valence electrons. The van der Waals surface area contributed by atoms with Gasteiger partial charge in [-0.15, -0.1) is 0 Å². The highest BCUT2D eigenvalue weighted by Gasteiger charge is 2.35. The average Bonchev–Trinajstić information content (AvgIpc) is 3.04. The maximum absolute atomic E-state index is 12.5. The summed E-state index contributed by atoms with van der Waals surface area (Å²) in [5.74, 6) is 0.836. The number of nitrogens with one attached hydrogen (secondary N) is 1. The van der Waals surface area contributed by atoms with Gasteiger partial charge in [-0.2, -0.15) is 0 Å². The number of nitrogens with zero attached hydrogens (tertiary/aromatic N) is 3. The molecule has 2 heterocycles. The molecular weight excluding hydrogens is 332 g/mol. The first-order chi connectivity index (χ1) is 12.5. The summed E-state index contributed by atoms with van der Waals surface area (Å²) >= 11 is 0. The van der Waals surface area contributed by atoms with Crippen LogP contribution in [0.3, 0.4) is 0 Å². The van der Waals surface area contributed by atoms with Gasteiger partial charge in [0.1, 0.15) is 11.6 Å². The Labute approximate surface area is 152 Å². The van der Waals surface area contributed by atoms with Gasteiger partial charge < -0.3 is 19.9 Å². The zero-order valence-electron chi connectivity index (χ0n) is 15.1. The molecule has 1 aliphatic heterocycles. The summed E-state index contributed by atoms with van der Waals surface area (Å²) in [5, 5.41) is 2.84. The second-order valence-electron chi connectivity index (χ2n) is 6.40. The Kier molecular flexibility index (Phi) is 5.06. The molecule has 1 aliphatic rings. The topological polar surface area (TPSA) is 74.8 Å². The molecule has 0 spiro atoms. The van der Waals surface area contributed by atoms with Crippen molar-refractivity contribution in [3.05, 3.63) is 42.6 Å². The molecule has 1 aromatic heterocycles. The SMILES string of the molecule is COc1cccc(N2CC(C(=O)Nc3ccc(N(C)C)nc3)CC2=O)c1. The number of benzene rings is 1. The monoisotopic (exact) mass is 354 g/mol. The van der Waals surface area contributed by atoms with E-state index in [4.69, 9.17) is 4.74 Å². The first-order valence-corrected chi connectivity index (χ1v) is 8.36. The van der Waals surface area contributed by atoms with Crippen molar-refractivity contribution in [2.45, 2.75) is 6.42 Å². The van der Waals surface area contributed by atoms with Gasteiger partial charge in [-0.05, 0) is 24.3 Å². The van der Waals surface area contributed by atoms with Crippen molar-refractivity contribution < 1.29 is 14.3 Å². The third kappa shape index (κ3) is 3.77. The van der Waals surface area contributed by atoms with E-state index in [2.05, 4.69) is 10.3 Å². The maximum atomic E-state index is 12.5. The van der Waals surface area contributed by atoms with Crippen LogP contribution in [0, 0.1) is 5.92 Å². The quantitative estimate of drug-likeness (QED) is 0.890. The lowest BCUT2D eigenvalue weighted by Crippen LogP contribution is -2.28. The van der Waals surface area contributed by atoms with E-state index in [0.29, 0.717) is 18.0 Å². The predicted octanol–water partition coefficient (Wildman–Crippen LogP) is 2.15. The van der Waals surface area contributed by atoms with E-state index in [1.165, 1.54) is 0 Å². The lowest BCUT2D eigenvalue weighted by molar-refractivity contribution is -0.122. The van der Waals surface area contributed by atoms with Crippen LogP contribution in [0.15, 0.2) is 42.6 Å². The number of aromatic nitrogens is 1. The van der Waals surface area contributed by atoms with Crippen molar-refractivity contribution in [3.8, 4) is 5.75 Å². The molecule has 1 fully saturated rings. The summed E-state index contributed by atoms with van der Waals surface area (Å²) in [6.07, 6.45) is 1.80. The van der Waals surface area contributed by atoms with Gasteiger partial charge in [0, 0.05) is 38.8 Å². The molecule has 2 amide bonds. The van der Waals surface area contributed by atoms with Crippen molar-refractivity contribution in [1.29, 1.82) is 0 Å². The number of ether oxygens (including phenoxy) is 1. The van der Waals surface area contributed by atoms with Gasteiger partial charge in [0.05, 0.1) is 24.9 Å². The Bertz CT molecular complexity index is 805. The van der Waals surface area contributed by atoms with Crippen molar-refractivity contribution in [1.82, 2.24) is 4.98 Å². The third-order valence-electron chi connectivity index (χ3n) is 4.33.